The second-order valence-corrected chi connectivity index (χ2v) is 6.38. The zero-order valence-corrected chi connectivity index (χ0v) is 14.1. The zero-order valence-electron chi connectivity index (χ0n) is 14.1. The largest absolute Gasteiger partial charge is 0.468 e. The van der Waals surface area contributed by atoms with E-state index in [0.717, 1.165) is 45.6 Å². The van der Waals surface area contributed by atoms with Crippen LogP contribution in [0.15, 0.2) is 0 Å². The standard InChI is InChI=1S/C16H32N2O3/c1-16(17-2,15(19)20-4)9-5-6-10-18(3)12-14-8-7-11-21-13-14/h14,17H,5-13H2,1-4H3. The van der Waals surface area contributed by atoms with Gasteiger partial charge in [-0.15, -0.1) is 0 Å². The van der Waals surface area contributed by atoms with Crippen LogP contribution < -0.4 is 5.32 Å². The first-order chi connectivity index (χ1) is 10.0. The van der Waals surface area contributed by atoms with Crippen LogP contribution in [0.5, 0.6) is 0 Å². The maximum atomic E-state index is 11.7. The molecule has 0 aromatic rings. The molecular formula is C16H32N2O3. The lowest BCUT2D eigenvalue weighted by atomic mass is 9.95. The third-order valence-corrected chi connectivity index (χ3v) is 4.48. The second-order valence-electron chi connectivity index (χ2n) is 6.38. The highest BCUT2D eigenvalue weighted by atomic mass is 16.5. The first kappa shape index (κ1) is 18.4. The molecular weight excluding hydrogens is 268 g/mol. The maximum absolute atomic E-state index is 11.7. The fraction of sp³-hybridized carbons (Fsp3) is 0.938. The average Bonchev–Trinajstić information content (AvgIpc) is 2.51. The Hall–Kier alpha value is -0.650. The monoisotopic (exact) mass is 300 g/mol. The first-order valence-electron chi connectivity index (χ1n) is 8.05. The van der Waals surface area contributed by atoms with E-state index in [9.17, 15) is 4.79 Å². The molecule has 2 atom stereocenters. The van der Waals surface area contributed by atoms with E-state index in [1.165, 1.54) is 20.0 Å². The van der Waals surface area contributed by atoms with Crippen molar-refractivity contribution >= 4 is 5.97 Å². The normalized spacial score (nSPS) is 22.0. The van der Waals surface area contributed by atoms with Crippen molar-refractivity contribution in [1.82, 2.24) is 10.2 Å². The Balaban J connectivity index is 2.18. The molecule has 21 heavy (non-hydrogen) atoms. The van der Waals surface area contributed by atoms with Crippen molar-refractivity contribution < 1.29 is 14.3 Å². The molecule has 0 amide bonds. The van der Waals surface area contributed by atoms with Crippen LogP contribution >= 0.6 is 0 Å². The van der Waals surface area contributed by atoms with Gasteiger partial charge in [-0.3, -0.25) is 4.79 Å². The van der Waals surface area contributed by atoms with Crippen LogP contribution in [0.3, 0.4) is 0 Å². The Kier molecular flexibility index (Phi) is 8.22. The van der Waals surface area contributed by atoms with Crippen molar-refractivity contribution in [2.75, 3.05) is 47.5 Å². The number of carbonyl (C=O) groups is 1. The molecule has 0 bridgehead atoms. The minimum atomic E-state index is -0.565. The maximum Gasteiger partial charge on any atom is 0.325 e. The fourth-order valence-corrected chi connectivity index (χ4v) is 2.90. The number of hydrogen-bond acceptors (Lipinski definition) is 5. The molecule has 1 heterocycles. The van der Waals surface area contributed by atoms with Gasteiger partial charge in [0.05, 0.1) is 13.7 Å². The summed E-state index contributed by atoms with van der Waals surface area (Å²) in [7, 11) is 5.43. The van der Waals surface area contributed by atoms with Crippen LogP contribution in [0, 0.1) is 5.92 Å². The highest BCUT2D eigenvalue weighted by molar-refractivity contribution is 5.80. The topological polar surface area (TPSA) is 50.8 Å². The van der Waals surface area contributed by atoms with Gasteiger partial charge in [0.1, 0.15) is 5.54 Å². The van der Waals surface area contributed by atoms with Crippen molar-refractivity contribution in [3.05, 3.63) is 0 Å². The van der Waals surface area contributed by atoms with E-state index in [-0.39, 0.29) is 5.97 Å². The van der Waals surface area contributed by atoms with Crippen LogP contribution in [0.4, 0.5) is 0 Å². The third-order valence-electron chi connectivity index (χ3n) is 4.48. The summed E-state index contributed by atoms with van der Waals surface area (Å²) in [5.74, 6) is 0.499. The van der Waals surface area contributed by atoms with Crippen molar-refractivity contribution in [3.63, 3.8) is 0 Å². The molecule has 1 fully saturated rings. The molecule has 0 radical (unpaired) electrons. The van der Waals surface area contributed by atoms with Gasteiger partial charge in [0.2, 0.25) is 0 Å². The molecule has 0 saturated carbocycles. The predicted octanol–water partition coefficient (Wildman–Crippen LogP) is 1.67. The van der Waals surface area contributed by atoms with Gasteiger partial charge in [-0.05, 0) is 65.6 Å². The third kappa shape index (κ3) is 6.32. The van der Waals surface area contributed by atoms with Gasteiger partial charge in [0.25, 0.3) is 0 Å². The number of hydrogen-bond donors (Lipinski definition) is 1. The highest BCUT2D eigenvalue weighted by Crippen LogP contribution is 2.17. The number of carbonyl (C=O) groups excluding carboxylic acids is 1. The Bertz CT molecular complexity index is 306. The first-order valence-corrected chi connectivity index (χ1v) is 8.05. The average molecular weight is 300 g/mol. The van der Waals surface area contributed by atoms with Crippen LogP contribution in [0.25, 0.3) is 0 Å². The summed E-state index contributed by atoms with van der Waals surface area (Å²) in [5, 5.41) is 3.08. The molecule has 124 valence electrons. The minimum Gasteiger partial charge on any atom is -0.468 e. The molecule has 1 N–H and O–H groups in total. The summed E-state index contributed by atoms with van der Waals surface area (Å²) in [5.41, 5.74) is -0.565. The predicted molar refractivity (Wildman–Crippen MR) is 84.4 cm³/mol. The number of rotatable bonds is 9. The number of ether oxygens (including phenoxy) is 2. The van der Waals surface area contributed by atoms with Crippen LogP contribution in [-0.4, -0.2) is 63.9 Å². The number of nitrogens with zero attached hydrogens (tertiary/aromatic N) is 1. The van der Waals surface area contributed by atoms with Crippen LogP contribution in [-0.2, 0) is 14.3 Å². The van der Waals surface area contributed by atoms with Gasteiger partial charge in [0, 0.05) is 13.2 Å². The smallest absolute Gasteiger partial charge is 0.325 e. The Morgan fingerprint density at radius 2 is 2.24 bits per heavy atom. The van der Waals surface area contributed by atoms with Gasteiger partial charge in [-0.25, -0.2) is 0 Å². The van der Waals surface area contributed by atoms with Gasteiger partial charge in [0.15, 0.2) is 0 Å². The molecule has 2 unspecified atom stereocenters. The molecule has 1 aliphatic heterocycles. The molecule has 0 aromatic carbocycles. The van der Waals surface area contributed by atoms with E-state index in [4.69, 9.17) is 9.47 Å². The Labute approximate surface area is 129 Å². The van der Waals surface area contributed by atoms with E-state index < -0.39 is 5.54 Å². The van der Waals surface area contributed by atoms with E-state index >= 15 is 0 Å². The molecule has 0 aromatic heterocycles. The fourth-order valence-electron chi connectivity index (χ4n) is 2.90. The summed E-state index contributed by atoms with van der Waals surface area (Å²) >= 11 is 0. The van der Waals surface area contributed by atoms with Gasteiger partial charge < -0.3 is 19.7 Å². The van der Waals surface area contributed by atoms with Crippen LogP contribution in [0.2, 0.25) is 0 Å². The summed E-state index contributed by atoms with van der Waals surface area (Å²) in [4.78, 5) is 14.1. The minimum absolute atomic E-state index is 0.183. The van der Waals surface area contributed by atoms with E-state index in [2.05, 4.69) is 17.3 Å². The second kappa shape index (κ2) is 9.38. The molecule has 1 rings (SSSR count). The number of esters is 1. The van der Waals surface area contributed by atoms with E-state index in [1.54, 1.807) is 0 Å². The quantitative estimate of drug-likeness (QED) is 0.518. The zero-order chi connectivity index (χ0) is 15.7. The Morgan fingerprint density at radius 3 is 2.81 bits per heavy atom. The lowest BCUT2D eigenvalue weighted by molar-refractivity contribution is -0.148. The van der Waals surface area contributed by atoms with E-state index in [0.29, 0.717) is 5.92 Å². The molecule has 0 spiro atoms. The highest BCUT2D eigenvalue weighted by Gasteiger charge is 2.31. The van der Waals surface area contributed by atoms with Crippen molar-refractivity contribution in [1.29, 1.82) is 0 Å². The summed E-state index contributed by atoms with van der Waals surface area (Å²) in [6, 6.07) is 0. The Morgan fingerprint density at radius 1 is 1.48 bits per heavy atom. The summed E-state index contributed by atoms with van der Waals surface area (Å²) in [6.45, 7) is 5.92. The lowest BCUT2D eigenvalue weighted by Gasteiger charge is -2.28. The van der Waals surface area contributed by atoms with Gasteiger partial charge >= 0.3 is 5.97 Å². The molecule has 1 aliphatic rings. The van der Waals surface area contributed by atoms with Gasteiger partial charge in [-0.2, -0.15) is 0 Å². The SMILES string of the molecule is CNC(C)(CCCCN(C)CC1CCCOC1)C(=O)OC. The lowest BCUT2D eigenvalue weighted by Crippen LogP contribution is -2.48. The van der Waals surface area contributed by atoms with Gasteiger partial charge in [-0.1, -0.05) is 0 Å². The van der Waals surface area contributed by atoms with Crippen molar-refractivity contribution in [2.45, 2.75) is 44.6 Å². The number of methoxy groups -OCH3 is 1. The molecule has 5 heteroatoms. The number of likely N-dealkylation sites (N-methyl/N-ethyl adjacent to an activating group) is 1. The number of unbranched alkanes of at least 4 members (excludes halogenated alkanes) is 1. The molecule has 1 saturated heterocycles. The summed E-state index contributed by atoms with van der Waals surface area (Å²) < 4.78 is 10.4. The summed E-state index contributed by atoms with van der Waals surface area (Å²) in [6.07, 6.45) is 5.38. The van der Waals surface area contributed by atoms with Crippen molar-refractivity contribution in [2.24, 2.45) is 5.92 Å². The molecule has 0 aliphatic carbocycles. The number of nitrogens with one attached hydrogen (secondary N) is 1. The van der Waals surface area contributed by atoms with E-state index in [1.807, 2.05) is 14.0 Å². The van der Waals surface area contributed by atoms with Crippen molar-refractivity contribution in [3.8, 4) is 0 Å². The molecule has 5 nitrogen and oxygen atoms in total. The van der Waals surface area contributed by atoms with Crippen LogP contribution in [0.1, 0.15) is 39.0 Å².